The second-order valence-electron chi connectivity index (χ2n) is 3.49. The summed E-state index contributed by atoms with van der Waals surface area (Å²) < 4.78 is 10.9. The minimum Gasteiger partial charge on any atom is -0.462 e. The average Bonchev–Trinajstić information content (AvgIpc) is 2.78. The van der Waals surface area contributed by atoms with Crippen molar-refractivity contribution >= 4 is 34.5 Å². The van der Waals surface area contributed by atoms with E-state index in [9.17, 15) is 9.59 Å². The molecule has 0 aliphatic heterocycles. The first-order valence-electron chi connectivity index (χ1n) is 5.86. The van der Waals surface area contributed by atoms with Gasteiger partial charge in [-0.25, -0.2) is 9.59 Å². The Balaban J connectivity index is 2.87. The molecule has 0 fully saturated rings. The van der Waals surface area contributed by atoms with Crippen LogP contribution in [0.2, 0.25) is 0 Å². The van der Waals surface area contributed by atoms with Crippen LogP contribution in [0.4, 0.5) is 5.82 Å². The van der Waals surface area contributed by atoms with Gasteiger partial charge in [0.2, 0.25) is 5.17 Å². The molecule has 0 bridgehead atoms. The number of carbonyl (C=O) groups excluding carboxylic acids is 2. The number of aryl methyl sites for hydroxylation is 1. The van der Waals surface area contributed by atoms with Gasteiger partial charge in [-0.3, -0.25) is 10.1 Å². The molecule has 1 heterocycles. The lowest BCUT2D eigenvalue weighted by Crippen LogP contribution is -2.15. The number of anilines is 1. The number of hydrogen-bond acceptors (Lipinski definition) is 7. The van der Waals surface area contributed by atoms with Gasteiger partial charge in [-0.2, -0.15) is 10.2 Å². The summed E-state index contributed by atoms with van der Waals surface area (Å²) in [5.74, 6) is -1.06. The number of rotatable bonds is 6. The predicted octanol–water partition coefficient (Wildman–Crippen LogP) is 1.12. The minimum absolute atomic E-state index is 0.185. The van der Waals surface area contributed by atoms with E-state index in [0.29, 0.717) is 0 Å². The van der Waals surface area contributed by atoms with Gasteiger partial charge in [0.05, 0.1) is 19.4 Å². The fraction of sp³-hybridized carbons (Fsp3) is 0.455. The molecule has 1 rings (SSSR count). The van der Waals surface area contributed by atoms with Crippen LogP contribution >= 0.6 is 11.6 Å². The number of ether oxygens (including phenoxy) is 2. The number of nitrogens with zero attached hydrogens (tertiary/aromatic N) is 3. The van der Waals surface area contributed by atoms with Gasteiger partial charge < -0.3 is 9.47 Å². The van der Waals surface area contributed by atoms with Gasteiger partial charge in [0.1, 0.15) is 5.56 Å². The summed E-state index contributed by atoms with van der Waals surface area (Å²) in [6, 6.07) is 0. The number of carbonyl (C=O) groups is 2. The largest absolute Gasteiger partial charge is 0.462 e. The van der Waals surface area contributed by atoms with Crippen molar-refractivity contribution in [3.63, 3.8) is 0 Å². The molecular weight excluding hydrogens is 288 g/mol. The molecule has 0 aliphatic carbocycles. The fourth-order valence-corrected chi connectivity index (χ4v) is 1.36. The van der Waals surface area contributed by atoms with E-state index in [1.165, 1.54) is 10.9 Å². The third-order valence-corrected chi connectivity index (χ3v) is 2.38. The molecule has 0 aliphatic rings. The van der Waals surface area contributed by atoms with Crippen molar-refractivity contribution in [2.24, 2.45) is 12.1 Å². The summed E-state index contributed by atoms with van der Waals surface area (Å²) in [6.45, 7) is 3.76. The van der Waals surface area contributed by atoms with Gasteiger partial charge in [0, 0.05) is 7.05 Å². The Labute approximate surface area is 120 Å². The van der Waals surface area contributed by atoms with Gasteiger partial charge in [-0.05, 0) is 13.8 Å². The molecule has 1 aromatic heterocycles. The molecule has 0 atom stereocenters. The highest BCUT2D eigenvalue weighted by atomic mass is 35.5. The molecule has 0 aromatic carbocycles. The van der Waals surface area contributed by atoms with Crippen LogP contribution in [0.25, 0.3) is 0 Å². The van der Waals surface area contributed by atoms with Gasteiger partial charge in [0.15, 0.2) is 5.82 Å². The van der Waals surface area contributed by atoms with Crippen LogP contribution in [0.1, 0.15) is 24.2 Å². The topological polar surface area (TPSA) is 94.8 Å². The third kappa shape index (κ3) is 3.95. The first-order chi connectivity index (χ1) is 9.51. The second kappa shape index (κ2) is 7.49. The summed E-state index contributed by atoms with van der Waals surface area (Å²) in [5.41, 5.74) is 2.68. The van der Waals surface area contributed by atoms with Crippen LogP contribution in [0, 0.1) is 0 Å². The van der Waals surface area contributed by atoms with Crippen molar-refractivity contribution in [3.8, 4) is 0 Å². The lowest BCUT2D eigenvalue weighted by atomic mass is 10.3. The Morgan fingerprint density at radius 2 is 2.05 bits per heavy atom. The molecule has 0 saturated heterocycles. The summed E-state index contributed by atoms with van der Waals surface area (Å²) in [6.07, 6.45) is 1.33. The third-order valence-electron chi connectivity index (χ3n) is 2.14. The zero-order valence-corrected chi connectivity index (χ0v) is 12.1. The van der Waals surface area contributed by atoms with Crippen LogP contribution in [-0.4, -0.2) is 40.1 Å². The van der Waals surface area contributed by atoms with Crippen LogP contribution in [0.3, 0.4) is 0 Å². The van der Waals surface area contributed by atoms with Gasteiger partial charge in [-0.1, -0.05) is 11.6 Å². The Hall–Kier alpha value is -2.09. The van der Waals surface area contributed by atoms with Crippen LogP contribution in [-0.2, 0) is 21.3 Å². The summed E-state index contributed by atoms with van der Waals surface area (Å²) in [7, 11) is 1.60. The van der Waals surface area contributed by atoms with Crippen molar-refractivity contribution in [2.75, 3.05) is 18.6 Å². The quantitative estimate of drug-likeness (QED) is 0.481. The SMILES string of the molecule is CCOC(=O)/C(Cl)=N/Nc1c(C(=O)OCC)cnn1C. The van der Waals surface area contributed by atoms with Crippen molar-refractivity contribution in [1.29, 1.82) is 0 Å². The molecule has 0 radical (unpaired) electrons. The summed E-state index contributed by atoms with van der Waals surface area (Å²) in [4.78, 5) is 22.9. The van der Waals surface area contributed by atoms with E-state index in [1.54, 1.807) is 20.9 Å². The van der Waals surface area contributed by atoms with Crippen molar-refractivity contribution < 1.29 is 19.1 Å². The van der Waals surface area contributed by atoms with E-state index in [-0.39, 0.29) is 29.8 Å². The number of esters is 2. The Morgan fingerprint density at radius 1 is 1.40 bits per heavy atom. The average molecular weight is 303 g/mol. The number of aromatic nitrogens is 2. The first-order valence-corrected chi connectivity index (χ1v) is 6.24. The van der Waals surface area contributed by atoms with E-state index < -0.39 is 11.9 Å². The van der Waals surface area contributed by atoms with Crippen molar-refractivity contribution in [2.45, 2.75) is 13.8 Å². The zero-order valence-electron chi connectivity index (χ0n) is 11.3. The Morgan fingerprint density at radius 3 is 2.65 bits per heavy atom. The predicted molar refractivity (Wildman–Crippen MR) is 72.7 cm³/mol. The number of halogens is 1. The lowest BCUT2D eigenvalue weighted by Gasteiger charge is -2.05. The molecule has 0 amide bonds. The highest BCUT2D eigenvalue weighted by molar-refractivity contribution is 6.82. The lowest BCUT2D eigenvalue weighted by molar-refractivity contribution is -0.134. The van der Waals surface area contributed by atoms with E-state index in [4.69, 9.17) is 16.3 Å². The molecule has 1 N–H and O–H groups in total. The molecular formula is C11H15ClN4O4. The maximum absolute atomic E-state index is 11.7. The highest BCUT2D eigenvalue weighted by Crippen LogP contribution is 2.15. The second-order valence-corrected chi connectivity index (χ2v) is 3.84. The van der Waals surface area contributed by atoms with Crippen molar-refractivity contribution in [3.05, 3.63) is 11.8 Å². The van der Waals surface area contributed by atoms with Gasteiger partial charge >= 0.3 is 11.9 Å². The minimum atomic E-state index is -0.762. The molecule has 9 heteroatoms. The van der Waals surface area contributed by atoms with E-state index >= 15 is 0 Å². The fourth-order valence-electron chi connectivity index (χ4n) is 1.27. The molecule has 110 valence electrons. The molecule has 20 heavy (non-hydrogen) atoms. The molecule has 0 spiro atoms. The van der Waals surface area contributed by atoms with Crippen LogP contribution in [0.15, 0.2) is 11.3 Å². The van der Waals surface area contributed by atoms with Gasteiger partial charge in [0.25, 0.3) is 0 Å². The van der Waals surface area contributed by atoms with E-state index in [1.807, 2.05) is 0 Å². The van der Waals surface area contributed by atoms with Crippen LogP contribution in [0.5, 0.6) is 0 Å². The molecule has 8 nitrogen and oxygen atoms in total. The summed E-state index contributed by atoms with van der Waals surface area (Å²) >= 11 is 5.64. The molecule has 0 unspecified atom stereocenters. The number of nitrogens with one attached hydrogen (secondary N) is 1. The van der Waals surface area contributed by atoms with E-state index in [0.717, 1.165) is 0 Å². The van der Waals surface area contributed by atoms with Crippen LogP contribution < -0.4 is 5.43 Å². The van der Waals surface area contributed by atoms with Gasteiger partial charge in [-0.15, -0.1) is 0 Å². The molecule has 1 aromatic rings. The summed E-state index contributed by atoms with van der Waals surface area (Å²) in [5, 5.41) is 7.16. The molecule has 0 saturated carbocycles. The van der Waals surface area contributed by atoms with Crippen molar-refractivity contribution in [1.82, 2.24) is 9.78 Å². The first kappa shape index (κ1) is 16.0. The van der Waals surface area contributed by atoms with E-state index in [2.05, 4.69) is 20.4 Å². The maximum Gasteiger partial charge on any atom is 0.370 e. The normalized spacial score (nSPS) is 11.1. The number of hydrazone groups is 1. The highest BCUT2D eigenvalue weighted by Gasteiger charge is 2.18. The zero-order chi connectivity index (χ0) is 15.1. The smallest absolute Gasteiger partial charge is 0.370 e. The maximum atomic E-state index is 11.7. The monoisotopic (exact) mass is 302 g/mol. The number of hydrogen-bond donors (Lipinski definition) is 1. The Bertz CT molecular complexity index is 526. The standard InChI is InChI=1S/C11H15ClN4O4/c1-4-19-10(17)7-6-13-16(3)9(7)15-14-8(12)11(18)20-5-2/h6,15H,4-5H2,1-3H3/b14-8-. The Kier molecular flexibility index (Phi) is 5.98.